The van der Waals surface area contributed by atoms with Crippen molar-refractivity contribution in [2.45, 2.75) is 40.5 Å². The molecule has 2 nitrogen and oxygen atoms in total. The standard InChI is InChI=1S/C22H30O2/c1-15(2)11-17-7-9-19(21(13-17)23-5)20-10-8-18(12-16(3)4)14-22(20)24-6/h7-10,13-16H,11-12H2,1-6H3. The molecule has 0 radical (unpaired) electrons. The van der Waals surface area contributed by atoms with Crippen molar-refractivity contribution in [3.8, 4) is 22.6 Å². The van der Waals surface area contributed by atoms with Gasteiger partial charge in [0.15, 0.2) is 0 Å². The summed E-state index contributed by atoms with van der Waals surface area (Å²) in [6.07, 6.45) is 2.11. The smallest absolute Gasteiger partial charge is 0.127 e. The van der Waals surface area contributed by atoms with Crippen LogP contribution in [0.1, 0.15) is 38.8 Å². The molecule has 24 heavy (non-hydrogen) atoms. The Kier molecular flexibility index (Phi) is 6.30. The summed E-state index contributed by atoms with van der Waals surface area (Å²) in [7, 11) is 3.47. The molecule has 130 valence electrons. The lowest BCUT2D eigenvalue weighted by atomic mass is 9.95. The maximum atomic E-state index is 5.66. The van der Waals surface area contributed by atoms with E-state index in [0.717, 1.165) is 35.5 Å². The molecule has 0 amide bonds. The summed E-state index contributed by atoms with van der Waals surface area (Å²) in [5.41, 5.74) is 4.78. The highest BCUT2D eigenvalue weighted by Gasteiger charge is 2.13. The SMILES string of the molecule is COc1cc(CC(C)C)ccc1-c1ccc(CC(C)C)cc1OC. The first kappa shape index (κ1) is 18.4. The lowest BCUT2D eigenvalue weighted by Gasteiger charge is -2.16. The molecule has 0 spiro atoms. The molecule has 0 N–H and O–H groups in total. The predicted molar refractivity (Wildman–Crippen MR) is 102 cm³/mol. The van der Waals surface area contributed by atoms with Gasteiger partial charge in [-0.3, -0.25) is 0 Å². The Morgan fingerprint density at radius 1 is 0.667 bits per heavy atom. The van der Waals surface area contributed by atoms with Gasteiger partial charge in [0.2, 0.25) is 0 Å². The molecule has 0 aliphatic heterocycles. The van der Waals surface area contributed by atoms with Crippen molar-refractivity contribution in [2.24, 2.45) is 11.8 Å². The van der Waals surface area contributed by atoms with Crippen molar-refractivity contribution in [3.05, 3.63) is 47.5 Å². The van der Waals surface area contributed by atoms with Crippen LogP contribution in [-0.4, -0.2) is 14.2 Å². The molecule has 0 fully saturated rings. The zero-order valence-electron chi connectivity index (χ0n) is 15.8. The third kappa shape index (κ3) is 4.53. The fraction of sp³-hybridized carbons (Fsp3) is 0.455. The van der Waals surface area contributed by atoms with Gasteiger partial charge >= 0.3 is 0 Å². The first-order chi connectivity index (χ1) is 11.4. The van der Waals surface area contributed by atoms with Crippen LogP contribution in [0.5, 0.6) is 11.5 Å². The minimum absolute atomic E-state index is 0.630. The Bertz CT molecular complexity index is 612. The molecule has 0 saturated heterocycles. The molecular formula is C22H30O2. The highest BCUT2D eigenvalue weighted by Crippen LogP contribution is 2.38. The van der Waals surface area contributed by atoms with Crippen molar-refractivity contribution in [1.82, 2.24) is 0 Å². The number of methoxy groups -OCH3 is 2. The Morgan fingerprint density at radius 2 is 1.04 bits per heavy atom. The van der Waals surface area contributed by atoms with Gasteiger partial charge in [0.25, 0.3) is 0 Å². The Morgan fingerprint density at radius 3 is 1.33 bits per heavy atom. The van der Waals surface area contributed by atoms with Crippen LogP contribution in [0, 0.1) is 11.8 Å². The van der Waals surface area contributed by atoms with Crippen molar-refractivity contribution < 1.29 is 9.47 Å². The number of ether oxygens (including phenoxy) is 2. The number of hydrogen-bond acceptors (Lipinski definition) is 2. The second kappa shape index (κ2) is 8.23. The van der Waals surface area contributed by atoms with Crippen molar-refractivity contribution in [1.29, 1.82) is 0 Å². The van der Waals surface area contributed by atoms with Crippen molar-refractivity contribution >= 4 is 0 Å². The number of benzene rings is 2. The van der Waals surface area contributed by atoms with Crippen LogP contribution in [0.15, 0.2) is 36.4 Å². The normalized spacial score (nSPS) is 11.2. The Balaban J connectivity index is 2.43. The van der Waals surface area contributed by atoms with Crippen LogP contribution >= 0.6 is 0 Å². The molecule has 2 heteroatoms. The molecule has 2 aromatic rings. The fourth-order valence-electron chi connectivity index (χ4n) is 3.11. The van der Waals surface area contributed by atoms with E-state index in [0.29, 0.717) is 11.8 Å². The molecule has 0 heterocycles. The Labute approximate surface area is 146 Å². The van der Waals surface area contributed by atoms with E-state index in [1.807, 2.05) is 0 Å². The van der Waals surface area contributed by atoms with Crippen LogP contribution in [-0.2, 0) is 12.8 Å². The van der Waals surface area contributed by atoms with Gasteiger partial charge in [-0.15, -0.1) is 0 Å². The molecule has 0 saturated carbocycles. The van der Waals surface area contributed by atoms with Gasteiger partial charge in [-0.2, -0.15) is 0 Å². The second-order valence-corrected chi connectivity index (χ2v) is 7.27. The topological polar surface area (TPSA) is 18.5 Å². The number of hydrogen-bond donors (Lipinski definition) is 0. The summed E-state index contributed by atoms with van der Waals surface area (Å²) < 4.78 is 11.3. The maximum Gasteiger partial charge on any atom is 0.127 e. The van der Waals surface area contributed by atoms with Crippen LogP contribution in [0.3, 0.4) is 0 Å². The van der Waals surface area contributed by atoms with Gasteiger partial charge in [0.05, 0.1) is 14.2 Å². The quantitative estimate of drug-likeness (QED) is 0.643. The molecule has 0 aromatic heterocycles. The largest absolute Gasteiger partial charge is 0.496 e. The van der Waals surface area contributed by atoms with E-state index in [-0.39, 0.29) is 0 Å². The van der Waals surface area contributed by atoms with E-state index >= 15 is 0 Å². The summed E-state index contributed by atoms with van der Waals surface area (Å²) in [5, 5.41) is 0. The maximum absolute atomic E-state index is 5.66. The molecule has 0 aliphatic rings. The fourth-order valence-corrected chi connectivity index (χ4v) is 3.11. The molecule has 0 bridgehead atoms. The van der Waals surface area contributed by atoms with E-state index in [4.69, 9.17) is 9.47 Å². The van der Waals surface area contributed by atoms with Crippen LogP contribution in [0.25, 0.3) is 11.1 Å². The first-order valence-corrected chi connectivity index (χ1v) is 8.78. The summed E-state index contributed by atoms with van der Waals surface area (Å²) in [6.45, 7) is 8.93. The van der Waals surface area contributed by atoms with Gasteiger partial charge in [0, 0.05) is 11.1 Å². The summed E-state index contributed by atoms with van der Waals surface area (Å²) in [5.74, 6) is 3.07. The molecule has 0 unspecified atom stereocenters. The van der Waals surface area contributed by atoms with Crippen LogP contribution < -0.4 is 9.47 Å². The lowest BCUT2D eigenvalue weighted by molar-refractivity contribution is 0.409. The molecule has 2 aromatic carbocycles. The average Bonchev–Trinajstić information content (AvgIpc) is 2.53. The summed E-state index contributed by atoms with van der Waals surface area (Å²) in [4.78, 5) is 0. The highest BCUT2D eigenvalue weighted by molar-refractivity contribution is 5.76. The lowest BCUT2D eigenvalue weighted by Crippen LogP contribution is -1.98. The zero-order chi connectivity index (χ0) is 17.7. The van der Waals surface area contributed by atoms with Crippen molar-refractivity contribution in [3.63, 3.8) is 0 Å². The molecular weight excluding hydrogens is 296 g/mol. The molecule has 2 rings (SSSR count). The van der Waals surface area contributed by atoms with Crippen LogP contribution in [0.2, 0.25) is 0 Å². The van der Waals surface area contributed by atoms with Gasteiger partial charge in [-0.05, 0) is 47.9 Å². The van der Waals surface area contributed by atoms with E-state index in [2.05, 4.69) is 64.1 Å². The zero-order valence-corrected chi connectivity index (χ0v) is 15.8. The minimum atomic E-state index is 0.630. The van der Waals surface area contributed by atoms with E-state index in [1.165, 1.54) is 11.1 Å². The minimum Gasteiger partial charge on any atom is -0.496 e. The number of rotatable bonds is 7. The second-order valence-electron chi connectivity index (χ2n) is 7.27. The average molecular weight is 326 g/mol. The monoisotopic (exact) mass is 326 g/mol. The van der Waals surface area contributed by atoms with Crippen molar-refractivity contribution in [2.75, 3.05) is 14.2 Å². The first-order valence-electron chi connectivity index (χ1n) is 8.78. The highest BCUT2D eigenvalue weighted by atomic mass is 16.5. The van der Waals surface area contributed by atoms with E-state index in [9.17, 15) is 0 Å². The van der Waals surface area contributed by atoms with Gasteiger partial charge in [0.1, 0.15) is 11.5 Å². The third-order valence-corrected chi connectivity index (χ3v) is 4.11. The van der Waals surface area contributed by atoms with Gasteiger partial charge in [-0.25, -0.2) is 0 Å². The van der Waals surface area contributed by atoms with Crippen LogP contribution in [0.4, 0.5) is 0 Å². The summed E-state index contributed by atoms with van der Waals surface area (Å²) >= 11 is 0. The van der Waals surface area contributed by atoms with E-state index < -0.39 is 0 Å². The molecule has 0 atom stereocenters. The van der Waals surface area contributed by atoms with E-state index in [1.54, 1.807) is 14.2 Å². The summed E-state index contributed by atoms with van der Waals surface area (Å²) in [6, 6.07) is 13.0. The van der Waals surface area contributed by atoms with Gasteiger partial charge < -0.3 is 9.47 Å². The third-order valence-electron chi connectivity index (χ3n) is 4.11. The molecule has 0 aliphatic carbocycles. The van der Waals surface area contributed by atoms with Gasteiger partial charge in [-0.1, -0.05) is 52.0 Å². The Hall–Kier alpha value is -1.96. The predicted octanol–water partition coefficient (Wildman–Crippen LogP) is 5.77.